The number of rotatable bonds is 6. The van der Waals surface area contributed by atoms with Crippen molar-refractivity contribution in [1.82, 2.24) is 4.98 Å². The summed E-state index contributed by atoms with van der Waals surface area (Å²) in [6, 6.07) is 8.57. The zero-order chi connectivity index (χ0) is 20.4. The zero-order valence-electron chi connectivity index (χ0n) is 16.1. The molecule has 1 aromatic heterocycles. The van der Waals surface area contributed by atoms with Crippen molar-refractivity contribution in [1.29, 1.82) is 0 Å². The van der Waals surface area contributed by atoms with Gasteiger partial charge in [-0.15, -0.1) is 17.9 Å². The molecule has 1 aromatic carbocycles. The van der Waals surface area contributed by atoms with E-state index in [4.69, 9.17) is 10.7 Å². The Bertz CT molecular complexity index is 945. The van der Waals surface area contributed by atoms with Crippen molar-refractivity contribution in [3.8, 4) is 0 Å². The third-order valence-electron chi connectivity index (χ3n) is 5.13. The van der Waals surface area contributed by atoms with E-state index in [9.17, 15) is 9.59 Å². The summed E-state index contributed by atoms with van der Waals surface area (Å²) in [5.74, 6) is -0.777. The average Bonchev–Trinajstić information content (AvgIpc) is 3.37. The van der Waals surface area contributed by atoms with E-state index < -0.39 is 11.9 Å². The van der Waals surface area contributed by atoms with E-state index in [0.29, 0.717) is 17.4 Å². The number of hydrazone groups is 1. The molecule has 150 valence electrons. The molecular weight excluding hydrogens is 386 g/mol. The molecule has 0 bridgehead atoms. The van der Waals surface area contributed by atoms with Gasteiger partial charge in [0.15, 0.2) is 5.13 Å². The summed E-state index contributed by atoms with van der Waals surface area (Å²) >= 11 is 1.56. The fraction of sp³-hybridized carbons (Fsp3) is 0.333. The van der Waals surface area contributed by atoms with Crippen molar-refractivity contribution in [2.24, 2.45) is 10.8 Å². The minimum absolute atomic E-state index is 0.168. The highest BCUT2D eigenvalue weighted by atomic mass is 32.1. The molecule has 0 spiro atoms. The highest BCUT2D eigenvalue weighted by molar-refractivity contribution is 7.16. The van der Waals surface area contributed by atoms with Crippen LogP contribution in [-0.4, -0.2) is 35.1 Å². The highest BCUT2D eigenvalue weighted by Gasteiger charge is 2.37. The Morgan fingerprint density at radius 1 is 1.28 bits per heavy atom. The van der Waals surface area contributed by atoms with Crippen molar-refractivity contribution in [3.05, 3.63) is 53.6 Å². The van der Waals surface area contributed by atoms with E-state index in [2.05, 4.69) is 11.7 Å². The number of anilines is 2. The van der Waals surface area contributed by atoms with Gasteiger partial charge < -0.3 is 5.73 Å². The van der Waals surface area contributed by atoms with Crippen LogP contribution in [0.1, 0.15) is 29.8 Å². The van der Waals surface area contributed by atoms with Gasteiger partial charge in [0.1, 0.15) is 11.8 Å². The number of para-hydroxylation sites is 1. The monoisotopic (exact) mass is 409 g/mol. The number of nitrogens with two attached hydrogens (primary N) is 1. The maximum absolute atomic E-state index is 13.3. The van der Waals surface area contributed by atoms with Gasteiger partial charge >= 0.3 is 0 Å². The third-order valence-corrected chi connectivity index (χ3v) is 6.31. The molecule has 1 aliphatic carbocycles. The van der Waals surface area contributed by atoms with Crippen LogP contribution in [0, 0.1) is 0 Å². The molecule has 0 saturated carbocycles. The van der Waals surface area contributed by atoms with Crippen molar-refractivity contribution in [3.63, 3.8) is 0 Å². The first-order chi connectivity index (χ1) is 14.1. The summed E-state index contributed by atoms with van der Waals surface area (Å²) in [4.78, 5) is 32.9. The van der Waals surface area contributed by atoms with Gasteiger partial charge in [-0.25, -0.2) is 4.98 Å². The Labute approximate surface area is 173 Å². The van der Waals surface area contributed by atoms with Gasteiger partial charge in [0, 0.05) is 17.8 Å². The molecule has 0 saturated heterocycles. The van der Waals surface area contributed by atoms with Crippen LogP contribution in [0.4, 0.5) is 10.8 Å². The van der Waals surface area contributed by atoms with E-state index in [1.165, 1.54) is 9.89 Å². The van der Waals surface area contributed by atoms with Gasteiger partial charge in [0.2, 0.25) is 5.91 Å². The summed E-state index contributed by atoms with van der Waals surface area (Å²) in [6.45, 7) is 4.11. The van der Waals surface area contributed by atoms with Crippen LogP contribution in [0.2, 0.25) is 0 Å². The molecule has 7 nitrogen and oxygen atoms in total. The first-order valence-corrected chi connectivity index (χ1v) is 10.5. The normalized spacial score (nSPS) is 18.1. The maximum Gasteiger partial charge on any atom is 0.276 e. The molecule has 0 unspecified atom stereocenters. The van der Waals surface area contributed by atoms with Gasteiger partial charge in [-0.2, -0.15) is 5.10 Å². The minimum atomic E-state index is -0.688. The van der Waals surface area contributed by atoms with E-state index in [1.807, 2.05) is 30.3 Å². The molecule has 29 heavy (non-hydrogen) atoms. The number of primary amides is 1. The first-order valence-electron chi connectivity index (χ1n) is 9.71. The Morgan fingerprint density at radius 2 is 2.03 bits per heavy atom. The van der Waals surface area contributed by atoms with Gasteiger partial charge in [-0.05, 0) is 37.8 Å². The number of fused-ring (bicyclic) bond motifs is 1. The van der Waals surface area contributed by atoms with Crippen LogP contribution in [0.15, 0.2) is 48.1 Å². The van der Waals surface area contributed by atoms with Crippen LogP contribution < -0.4 is 15.6 Å². The number of thiazole rings is 1. The number of carbonyl (C=O) groups excluding carboxylic acids is 2. The second-order valence-electron chi connectivity index (χ2n) is 7.13. The predicted octanol–water partition coefficient (Wildman–Crippen LogP) is 2.66. The van der Waals surface area contributed by atoms with Crippen LogP contribution in [0.3, 0.4) is 0 Å². The molecule has 2 aliphatic rings. The summed E-state index contributed by atoms with van der Waals surface area (Å²) in [5.41, 5.74) is 7.70. The molecular formula is C21H23N5O2S. The van der Waals surface area contributed by atoms with Gasteiger partial charge in [0.05, 0.1) is 11.4 Å². The second kappa shape index (κ2) is 8.16. The number of aromatic nitrogens is 1. The number of benzene rings is 1. The quantitative estimate of drug-likeness (QED) is 0.743. The van der Waals surface area contributed by atoms with Crippen LogP contribution >= 0.6 is 11.3 Å². The summed E-state index contributed by atoms with van der Waals surface area (Å²) < 4.78 is 0. The smallest absolute Gasteiger partial charge is 0.276 e. The number of carbonyl (C=O) groups is 2. The number of nitrogens with zero attached hydrogens (tertiary/aromatic N) is 4. The SMILES string of the molecule is C=CCN(C(=O)C1=NN(c2ccccc2)[C@H](C(N)=O)C1)c1nc2c(s1)CCCC2. The Morgan fingerprint density at radius 3 is 2.72 bits per heavy atom. The molecule has 8 heteroatoms. The van der Waals surface area contributed by atoms with Gasteiger partial charge in [-0.1, -0.05) is 24.3 Å². The Balaban J connectivity index is 1.64. The lowest BCUT2D eigenvalue weighted by Gasteiger charge is -2.20. The molecule has 4 rings (SSSR count). The van der Waals surface area contributed by atoms with Gasteiger partial charge in [0.25, 0.3) is 5.91 Å². The molecule has 0 radical (unpaired) electrons. The summed E-state index contributed by atoms with van der Waals surface area (Å²) in [7, 11) is 0. The Hall–Kier alpha value is -3.00. The first kappa shape index (κ1) is 19.3. The van der Waals surface area contributed by atoms with E-state index in [-0.39, 0.29) is 12.3 Å². The number of hydrogen-bond donors (Lipinski definition) is 1. The van der Waals surface area contributed by atoms with Gasteiger partial charge in [-0.3, -0.25) is 19.5 Å². The lowest BCUT2D eigenvalue weighted by molar-refractivity contribution is -0.119. The number of amides is 2. The Kier molecular flexibility index (Phi) is 5.44. The lowest BCUT2D eigenvalue weighted by Crippen LogP contribution is -2.40. The largest absolute Gasteiger partial charge is 0.368 e. The fourth-order valence-corrected chi connectivity index (χ4v) is 4.82. The van der Waals surface area contributed by atoms with E-state index >= 15 is 0 Å². The number of aryl methyl sites for hydroxylation is 2. The van der Waals surface area contributed by atoms with E-state index in [1.54, 1.807) is 22.3 Å². The standard InChI is InChI=1S/C21H23N5O2S/c1-2-12-25(21-23-15-10-6-7-11-18(15)29-21)20(28)16-13-17(19(22)27)26(24-16)14-8-4-3-5-9-14/h2-5,8-9,17H,1,6-7,10-13H2,(H2,22,27)/t17-/m0/s1. The van der Waals surface area contributed by atoms with Crippen molar-refractivity contribution < 1.29 is 9.59 Å². The topological polar surface area (TPSA) is 91.9 Å². The zero-order valence-corrected chi connectivity index (χ0v) is 16.9. The fourth-order valence-electron chi connectivity index (χ4n) is 3.67. The third kappa shape index (κ3) is 3.80. The van der Waals surface area contributed by atoms with Crippen LogP contribution in [0.5, 0.6) is 0 Å². The van der Waals surface area contributed by atoms with Crippen molar-refractivity contribution in [2.75, 3.05) is 16.5 Å². The molecule has 2 N–H and O–H groups in total. The maximum atomic E-state index is 13.3. The predicted molar refractivity (Wildman–Crippen MR) is 115 cm³/mol. The average molecular weight is 410 g/mol. The highest BCUT2D eigenvalue weighted by Crippen LogP contribution is 2.33. The molecule has 2 amide bonds. The van der Waals surface area contributed by atoms with Crippen molar-refractivity contribution in [2.45, 2.75) is 38.1 Å². The molecule has 0 fully saturated rings. The summed E-state index contributed by atoms with van der Waals surface area (Å²) in [6.07, 6.45) is 6.09. The second-order valence-corrected chi connectivity index (χ2v) is 8.19. The molecule has 1 atom stereocenters. The van der Waals surface area contributed by atoms with Crippen molar-refractivity contribution >= 4 is 39.7 Å². The van der Waals surface area contributed by atoms with Crippen LogP contribution in [0.25, 0.3) is 0 Å². The van der Waals surface area contributed by atoms with E-state index in [0.717, 1.165) is 37.1 Å². The number of hydrogen-bond acceptors (Lipinski definition) is 6. The summed E-state index contributed by atoms with van der Waals surface area (Å²) in [5, 5.41) is 6.67. The minimum Gasteiger partial charge on any atom is -0.368 e. The molecule has 1 aliphatic heterocycles. The molecule has 2 aromatic rings. The van der Waals surface area contributed by atoms with Crippen LogP contribution in [-0.2, 0) is 22.4 Å². The lowest BCUT2D eigenvalue weighted by atomic mass is 10.0. The molecule has 2 heterocycles.